The molecular formula is C15H25O5P. The molecule has 0 spiro atoms. The van der Waals surface area contributed by atoms with Crippen LogP contribution in [0.4, 0.5) is 0 Å². The third kappa shape index (κ3) is 11.3. The maximum Gasteiger partial charge on any atom is 0.334 e. The SMILES string of the molecule is CCOP(=O)(CC=CC#CCCCCC(=O)OC)OCC. The van der Waals surface area contributed by atoms with Gasteiger partial charge in [-0.25, -0.2) is 0 Å². The molecule has 0 aliphatic carbocycles. The molecule has 0 aromatic heterocycles. The van der Waals surface area contributed by atoms with Crippen molar-refractivity contribution in [2.75, 3.05) is 26.5 Å². The normalized spacial score (nSPS) is 11.2. The van der Waals surface area contributed by atoms with Gasteiger partial charge in [-0.15, -0.1) is 0 Å². The first-order chi connectivity index (χ1) is 10.1. The van der Waals surface area contributed by atoms with Crippen LogP contribution in [0.3, 0.4) is 0 Å². The average molecular weight is 316 g/mol. The van der Waals surface area contributed by atoms with E-state index in [4.69, 9.17) is 9.05 Å². The number of ether oxygens (including phenoxy) is 1. The quantitative estimate of drug-likeness (QED) is 0.267. The molecule has 0 N–H and O–H groups in total. The Labute approximate surface area is 127 Å². The second-order valence-corrected chi connectivity index (χ2v) is 6.24. The molecule has 0 heterocycles. The second kappa shape index (κ2) is 12.6. The molecule has 0 aliphatic heterocycles. The van der Waals surface area contributed by atoms with Gasteiger partial charge in [0.25, 0.3) is 0 Å². The molecule has 0 fully saturated rings. The van der Waals surface area contributed by atoms with Crippen LogP contribution in [0.2, 0.25) is 0 Å². The van der Waals surface area contributed by atoms with E-state index in [1.54, 1.807) is 26.0 Å². The summed E-state index contributed by atoms with van der Waals surface area (Å²) in [6, 6.07) is 0. The van der Waals surface area contributed by atoms with Crippen molar-refractivity contribution in [3.05, 3.63) is 12.2 Å². The van der Waals surface area contributed by atoms with Crippen molar-refractivity contribution in [2.45, 2.75) is 39.5 Å². The van der Waals surface area contributed by atoms with E-state index in [9.17, 15) is 9.36 Å². The van der Waals surface area contributed by atoms with Crippen LogP contribution in [0.25, 0.3) is 0 Å². The van der Waals surface area contributed by atoms with Crippen LogP contribution in [0.15, 0.2) is 12.2 Å². The lowest BCUT2D eigenvalue weighted by molar-refractivity contribution is -0.140. The summed E-state index contributed by atoms with van der Waals surface area (Å²) >= 11 is 0. The number of rotatable bonds is 10. The Bertz CT molecular complexity index is 410. The number of allylic oxidation sites excluding steroid dienone is 2. The molecule has 0 saturated carbocycles. The molecule has 0 aromatic rings. The summed E-state index contributed by atoms with van der Waals surface area (Å²) in [6.07, 6.45) is 6.36. The van der Waals surface area contributed by atoms with Crippen LogP contribution in [0.5, 0.6) is 0 Å². The van der Waals surface area contributed by atoms with Gasteiger partial charge in [-0.1, -0.05) is 17.9 Å². The van der Waals surface area contributed by atoms with Crippen LogP contribution in [0, 0.1) is 11.8 Å². The van der Waals surface area contributed by atoms with E-state index in [1.807, 2.05) is 0 Å². The number of methoxy groups -OCH3 is 1. The van der Waals surface area contributed by atoms with Crippen LogP contribution in [-0.2, 0) is 23.1 Å². The number of hydrogen-bond donors (Lipinski definition) is 0. The monoisotopic (exact) mass is 316 g/mol. The minimum absolute atomic E-state index is 0.189. The van der Waals surface area contributed by atoms with E-state index in [2.05, 4.69) is 16.6 Å². The number of carbonyl (C=O) groups excluding carboxylic acids is 1. The average Bonchev–Trinajstić information content (AvgIpc) is 2.45. The molecular weight excluding hydrogens is 291 g/mol. The smallest absolute Gasteiger partial charge is 0.334 e. The Balaban J connectivity index is 3.92. The molecule has 6 heteroatoms. The molecule has 0 aromatic carbocycles. The Kier molecular flexibility index (Phi) is 12.0. The topological polar surface area (TPSA) is 61.8 Å². The maximum absolute atomic E-state index is 12.1. The lowest BCUT2D eigenvalue weighted by atomic mass is 10.2. The number of hydrogen-bond acceptors (Lipinski definition) is 5. The van der Waals surface area contributed by atoms with Gasteiger partial charge in [-0.2, -0.15) is 0 Å². The highest BCUT2D eigenvalue weighted by Gasteiger charge is 2.20. The van der Waals surface area contributed by atoms with Gasteiger partial charge in [-0.3, -0.25) is 9.36 Å². The molecule has 0 amide bonds. The Morgan fingerprint density at radius 3 is 2.43 bits per heavy atom. The first kappa shape index (κ1) is 19.9. The Hall–Kier alpha value is -1.08. The third-order valence-corrected chi connectivity index (χ3v) is 4.41. The fraction of sp³-hybridized carbons (Fsp3) is 0.667. The summed E-state index contributed by atoms with van der Waals surface area (Å²) in [5.41, 5.74) is 0. The first-order valence-corrected chi connectivity index (χ1v) is 8.89. The second-order valence-electron chi connectivity index (χ2n) is 4.14. The summed E-state index contributed by atoms with van der Waals surface area (Å²) in [5, 5.41) is 0. The van der Waals surface area contributed by atoms with Crippen LogP contribution in [-0.4, -0.2) is 32.5 Å². The summed E-state index contributed by atoms with van der Waals surface area (Å²) in [7, 11) is -1.62. The fourth-order valence-electron chi connectivity index (χ4n) is 1.49. The van der Waals surface area contributed by atoms with Crippen molar-refractivity contribution in [3.8, 4) is 11.8 Å². The van der Waals surface area contributed by atoms with E-state index in [-0.39, 0.29) is 12.1 Å². The summed E-state index contributed by atoms with van der Waals surface area (Å²) in [6.45, 7) is 4.28. The number of unbranched alkanes of at least 4 members (excludes halogenated alkanes) is 2. The first-order valence-electron chi connectivity index (χ1n) is 7.16. The molecule has 0 rings (SSSR count). The van der Waals surface area contributed by atoms with Crippen LogP contribution < -0.4 is 0 Å². The van der Waals surface area contributed by atoms with Gasteiger partial charge in [0.05, 0.1) is 26.5 Å². The van der Waals surface area contributed by atoms with E-state index in [0.717, 1.165) is 19.3 Å². The van der Waals surface area contributed by atoms with Crippen LogP contribution in [0.1, 0.15) is 39.5 Å². The van der Waals surface area contributed by atoms with Gasteiger partial charge >= 0.3 is 13.6 Å². The fourth-order valence-corrected chi connectivity index (χ4v) is 2.93. The molecule has 0 aliphatic rings. The van der Waals surface area contributed by atoms with Gasteiger partial charge in [0.2, 0.25) is 0 Å². The van der Waals surface area contributed by atoms with Gasteiger partial charge in [0.1, 0.15) is 0 Å². The van der Waals surface area contributed by atoms with Gasteiger partial charge in [0.15, 0.2) is 0 Å². The highest BCUT2D eigenvalue weighted by molar-refractivity contribution is 7.54. The number of esters is 1. The van der Waals surface area contributed by atoms with Crippen LogP contribution >= 0.6 is 7.60 Å². The molecule has 0 unspecified atom stereocenters. The standard InChI is InChI=1S/C15H25O5P/c1-4-19-21(17,20-5-2)14-12-10-8-6-7-9-11-13-15(16)18-3/h10,12H,4-5,7,9,11,13-14H2,1-3H3. The molecule has 0 saturated heterocycles. The molecule has 5 nitrogen and oxygen atoms in total. The van der Waals surface area contributed by atoms with E-state index < -0.39 is 7.60 Å². The lowest BCUT2D eigenvalue weighted by Gasteiger charge is -2.14. The summed E-state index contributed by atoms with van der Waals surface area (Å²) in [5.74, 6) is 5.64. The van der Waals surface area contributed by atoms with Gasteiger partial charge in [-0.05, 0) is 32.8 Å². The lowest BCUT2D eigenvalue weighted by Crippen LogP contribution is -1.98. The zero-order chi connectivity index (χ0) is 16.0. The predicted molar refractivity (Wildman–Crippen MR) is 83.1 cm³/mol. The highest BCUT2D eigenvalue weighted by Crippen LogP contribution is 2.47. The molecule has 0 radical (unpaired) electrons. The van der Waals surface area contributed by atoms with Crippen molar-refractivity contribution < 1.29 is 23.1 Å². The summed E-state index contributed by atoms with van der Waals surface area (Å²) in [4.78, 5) is 10.9. The van der Waals surface area contributed by atoms with Crippen molar-refractivity contribution in [3.63, 3.8) is 0 Å². The van der Waals surface area contributed by atoms with Crippen molar-refractivity contribution in [2.24, 2.45) is 0 Å². The van der Waals surface area contributed by atoms with Crippen molar-refractivity contribution in [1.29, 1.82) is 0 Å². The third-order valence-electron chi connectivity index (χ3n) is 2.44. The van der Waals surface area contributed by atoms with E-state index in [1.165, 1.54) is 7.11 Å². The minimum Gasteiger partial charge on any atom is -0.469 e. The Morgan fingerprint density at radius 1 is 1.19 bits per heavy atom. The molecule has 0 bridgehead atoms. The van der Waals surface area contributed by atoms with Gasteiger partial charge < -0.3 is 13.8 Å². The predicted octanol–water partition coefficient (Wildman–Crippen LogP) is 3.55. The minimum atomic E-state index is -3.01. The molecule has 21 heavy (non-hydrogen) atoms. The summed E-state index contributed by atoms with van der Waals surface area (Å²) < 4.78 is 26.9. The van der Waals surface area contributed by atoms with E-state index in [0.29, 0.717) is 19.6 Å². The number of carbonyl (C=O) groups is 1. The highest BCUT2D eigenvalue weighted by atomic mass is 31.2. The zero-order valence-corrected chi connectivity index (χ0v) is 14.0. The van der Waals surface area contributed by atoms with Gasteiger partial charge in [0, 0.05) is 12.8 Å². The zero-order valence-electron chi connectivity index (χ0n) is 13.1. The molecule has 0 atom stereocenters. The van der Waals surface area contributed by atoms with Crippen molar-refractivity contribution >= 4 is 13.6 Å². The Morgan fingerprint density at radius 2 is 1.86 bits per heavy atom. The largest absolute Gasteiger partial charge is 0.469 e. The molecule has 120 valence electrons. The van der Waals surface area contributed by atoms with E-state index >= 15 is 0 Å². The maximum atomic E-state index is 12.1. The van der Waals surface area contributed by atoms with Crippen molar-refractivity contribution in [1.82, 2.24) is 0 Å².